The molecule has 1 aromatic rings. The van der Waals surface area contributed by atoms with Crippen molar-refractivity contribution in [3.8, 4) is 0 Å². The molecule has 0 radical (unpaired) electrons. The highest BCUT2D eigenvalue weighted by Gasteiger charge is 2.18. The lowest BCUT2D eigenvalue weighted by Crippen LogP contribution is -2.44. The molecule has 0 unspecified atom stereocenters. The van der Waals surface area contributed by atoms with Gasteiger partial charge in [0.25, 0.3) is 0 Å². The maximum Gasteiger partial charge on any atom is 0.146 e. The Morgan fingerprint density at radius 2 is 1.89 bits per heavy atom. The number of benzene rings is 1. The van der Waals surface area contributed by atoms with Gasteiger partial charge in [-0.05, 0) is 11.6 Å². The van der Waals surface area contributed by atoms with Gasteiger partial charge < -0.3 is 20.4 Å². The molecule has 1 heterocycles. The average molecular weight is 272 g/mol. The number of nitrogens with one attached hydrogen (secondary N) is 1. The number of rotatable bonds is 4. The topological polar surface area (TPSA) is 55.7 Å². The van der Waals surface area contributed by atoms with E-state index in [0.29, 0.717) is 13.1 Å². The van der Waals surface area contributed by atoms with Crippen LogP contribution in [0.2, 0.25) is 0 Å². The van der Waals surface area contributed by atoms with Gasteiger partial charge in [-0.3, -0.25) is 0 Å². The summed E-state index contributed by atoms with van der Waals surface area (Å²) in [6.07, 6.45) is -1.17. The van der Waals surface area contributed by atoms with Crippen LogP contribution in [-0.4, -0.2) is 49.1 Å². The lowest BCUT2D eigenvalue weighted by atomic mass is 10.1. The van der Waals surface area contributed by atoms with E-state index in [1.54, 1.807) is 4.90 Å². The van der Waals surface area contributed by atoms with Gasteiger partial charge in [-0.1, -0.05) is 0 Å². The van der Waals surface area contributed by atoms with Crippen LogP contribution < -0.4 is 10.2 Å². The van der Waals surface area contributed by atoms with E-state index < -0.39 is 24.3 Å². The molecule has 19 heavy (non-hydrogen) atoms. The van der Waals surface area contributed by atoms with Crippen LogP contribution in [0.15, 0.2) is 12.1 Å². The molecule has 0 aromatic heterocycles. The summed E-state index contributed by atoms with van der Waals surface area (Å²) in [5, 5.41) is 21.2. The Hall–Kier alpha value is -1.24. The van der Waals surface area contributed by atoms with Gasteiger partial charge in [-0.2, -0.15) is 0 Å². The fraction of sp³-hybridized carbons (Fsp3) is 0.538. The molecule has 4 nitrogen and oxygen atoms in total. The van der Waals surface area contributed by atoms with E-state index in [4.69, 9.17) is 5.11 Å². The molecule has 1 aromatic carbocycles. The van der Waals surface area contributed by atoms with E-state index >= 15 is 0 Å². The molecule has 1 atom stereocenters. The lowest BCUT2D eigenvalue weighted by molar-refractivity contribution is 0.0947. The van der Waals surface area contributed by atoms with Crippen LogP contribution in [0.4, 0.5) is 14.5 Å². The molecule has 106 valence electrons. The van der Waals surface area contributed by atoms with Gasteiger partial charge in [0.1, 0.15) is 11.6 Å². The van der Waals surface area contributed by atoms with Crippen molar-refractivity contribution in [3.05, 3.63) is 29.3 Å². The van der Waals surface area contributed by atoms with Crippen LogP contribution in [0.3, 0.4) is 0 Å². The minimum Gasteiger partial charge on any atom is -0.394 e. The zero-order valence-corrected chi connectivity index (χ0v) is 10.6. The van der Waals surface area contributed by atoms with Crippen molar-refractivity contribution in [3.63, 3.8) is 0 Å². The van der Waals surface area contributed by atoms with Crippen LogP contribution in [0.5, 0.6) is 0 Å². The number of nitrogens with zero attached hydrogens (tertiary/aromatic N) is 1. The molecule has 0 saturated carbocycles. The Balaban J connectivity index is 2.20. The van der Waals surface area contributed by atoms with Gasteiger partial charge in [0.15, 0.2) is 0 Å². The van der Waals surface area contributed by atoms with E-state index in [9.17, 15) is 13.9 Å². The summed E-state index contributed by atoms with van der Waals surface area (Å²) in [5.74, 6) is -1.05. The minimum absolute atomic E-state index is 0.0814. The number of anilines is 1. The van der Waals surface area contributed by atoms with E-state index in [2.05, 4.69) is 5.32 Å². The van der Waals surface area contributed by atoms with Crippen molar-refractivity contribution in [2.45, 2.75) is 12.5 Å². The molecule has 2 rings (SSSR count). The molecule has 6 heteroatoms. The van der Waals surface area contributed by atoms with Crippen molar-refractivity contribution in [2.75, 3.05) is 37.7 Å². The largest absolute Gasteiger partial charge is 0.394 e. The van der Waals surface area contributed by atoms with Gasteiger partial charge in [-0.15, -0.1) is 0 Å². The molecule has 1 fully saturated rings. The van der Waals surface area contributed by atoms with E-state index in [-0.39, 0.29) is 17.7 Å². The summed E-state index contributed by atoms with van der Waals surface area (Å²) < 4.78 is 27.9. The van der Waals surface area contributed by atoms with Crippen molar-refractivity contribution >= 4 is 5.69 Å². The number of aliphatic hydroxyl groups excluding tert-OH is 2. The molecule has 0 spiro atoms. The van der Waals surface area contributed by atoms with Crippen molar-refractivity contribution < 1.29 is 19.0 Å². The summed E-state index contributed by atoms with van der Waals surface area (Å²) in [6.45, 7) is 2.28. The first kappa shape index (κ1) is 14.2. The fourth-order valence-electron chi connectivity index (χ4n) is 2.20. The molecule has 0 amide bonds. The first-order valence-corrected chi connectivity index (χ1v) is 6.34. The Morgan fingerprint density at radius 3 is 2.53 bits per heavy atom. The van der Waals surface area contributed by atoms with Crippen LogP contribution in [-0.2, 0) is 6.42 Å². The van der Waals surface area contributed by atoms with Crippen LogP contribution in [0, 0.1) is 11.6 Å². The second-order valence-corrected chi connectivity index (χ2v) is 4.67. The number of halogens is 2. The van der Waals surface area contributed by atoms with Crippen molar-refractivity contribution in [1.29, 1.82) is 0 Å². The Bertz CT molecular complexity index is 437. The maximum atomic E-state index is 14.0. The van der Waals surface area contributed by atoms with Crippen molar-refractivity contribution in [2.24, 2.45) is 0 Å². The number of piperazine rings is 1. The van der Waals surface area contributed by atoms with Crippen LogP contribution in [0.1, 0.15) is 5.56 Å². The third-order valence-corrected chi connectivity index (χ3v) is 3.24. The normalized spacial score (nSPS) is 17.6. The van der Waals surface area contributed by atoms with Crippen molar-refractivity contribution in [1.82, 2.24) is 5.32 Å². The van der Waals surface area contributed by atoms with Gasteiger partial charge in [0.2, 0.25) is 0 Å². The first-order chi connectivity index (χ1) is 9.11. The Kier molecular flexibility index (Phi) is 4.68. The van der Waals surface area contributed by atoms with Gasteiger partial charge >= 0.3 is 0 Å². The molecular formula is C13H18F2N2O2. The predicted octanol–water partition coefficient (Wildman–Crippen LogP) is 0.270. The zero-order valence-electron chi connectivity index (χ0n) is 10.6. The third kappa shape index (κ3) is 3.40. The van der Waals surface area contributed by atoms with E-state index in [1.807, 2.05) is 0 Å². The lowest BCUT2D eigenvalue weighted by Gasteiger charge is -2.30. The van der Waals surface area contributed by atoms with Gasteiger partial charge in [0.05, 0.1) is 18.4 Å². The Morgan fingerprint density at radius 1 is 1.21 bits per heavy atom. The smallest absolute Gasteiger partial charge is 0.146 e. The summed E-state index contributed by atoms with van der Waals surface area (Å²) in [7, 11) is 0. The van der Waals surface area contributed by atoms with Crippen LogP contribution in [0.25, 0.3) is 0 Å². The van der Waals surface area contributed by atoms with Gasteiger partial charge in [-0.25, -0.2) is 8.78 Å². The molecule has 0 aliphatic carbocycles. The number of hydrogen-bond acceptors (Lipinski definition) is 4. The summed E-state index contributed by atoms with van der Waals surface area (Å²) >= 11 is 0. The number of aliphatic hydroxyl groups is 2. The molecule has 3 N–H and O–H groups in total. The fourth-order valence-corrected chi connectivity index (χ4v) is 2.20. The first-order valence-electron chi connectivity index (χ1n) is 6.34. The van der Waals surface area contributed by atoms with E-state index in [1.165, 1.54) is 6.07 Å². The molecular weight excluding hydrogens is 254 g/mol. The highest BCUT2D eigenvalue weighted by Crippen LogP contribution is 2.24. The highest BCUT2D eigenvalue weighted by molar-refractivity contribution is 5.50. The monoisotopic (exact) mass is 272 g/mol. The molecule has 1 aliphatic rings. The van der Waals surface area contributed by atoms with E-state index in [0.717, 1.165) is 19.2 Å². The summed E-state index contributed by atoms with van der Waals surface area (Å²) in [6, 6.07) is 2.27. The van der Waals surface area contributed by atoms with Gasteiger partial charge in [0, 0.05) is 38.7 Å². The third-order valence-electron chi connectivity index (χ3n) is 3.24. The Labute approximate surface area is 110 Å². The molecule has 1 saturated heterocycles. The molecule has 0 bridgehead atoms. The quantitative estimate of drug-likeness (QED) is 0.736. The number of hydrogen-bond donors (Lipinski definition) is 3. The predicted molar refractivity (Wildman–Crippen MR) is 68.2 cm³/mol. The zero-order chi connectivity index (χ0) is 13.8. The minimum atomic E-state index is -1.07. The summed E-state index contributed by atoms with van der Waals surface area (Å²) in [5.41, 5.74) is 0.333. The second-order valence-electron chi connectivity index (χ2n) is 4.67. The second kappa shape index (κ2) is 6.27. The van der Waals surface area contributed by atoms with Crippen LogP contribution >= 0.6 is 0 Å². The molecule has 1 aliphatic heterocycles. The maximum absolute atomic E-state index is 14.0. The summed E-state index contributed by atoms with van der Waals surface area (Å²) in [4.78, 5) is 1.79. The average Bonchev–Trinajstić information content (AvgIpc) is 2.43. The SMILES string of the molecule is OC[C@@H](O)Cc1cc(F)c(N2CCNCC2)cc1F. The standard InChI is InChI=1S/C13H18F2N2O2/c14-11-7-13(17-3-1-16-2-4-17)12(15)6-9(11)5-10(19)8-18/h6-7,10,16,18-19H,1-5,8H2/t10-/m0/s1. The highest BCUT2D eigenvalue weighted by atomic mass is 19.1.